The molecule has 1 fully saturated rings. The van der Waals surface area contributed by atoms with E-state index in [0.717, 1.165) is 25.1 Å². The van der Waals surface area contributed by atoms with Crippen molar-refractivity contribution in [3.05, 3.63) is 30.1 Å². The van der Waals surface area contributed by atoms with E-state index >= 15 is 0 Å². The van der Waals surface area contributed by atoms with E-state index in [9.17, 15) is 4.79 Å². The van der Waals surface area contributed by atoms with Crippen molar-refractivity contribution < 1.29 is 9.53 Å². The van der Waals surface area contributed by atoms with Gasteiger partial charge in [0.2, 0.25) is 5.91 Å². The fourth-order valence-electron chi connectivity index (χ4n) is 1.88. The smallest absolute Gasteiger partial charge is 0.220 e. The van der Waals surface area contributed by atoms with Gasteiger partial charge in [0.05, 0.1) is 13.2 Å². The molecule has 0 spiro atoms. The van der Waals surface area contributed by atoms with Gasteiger partial charge >= 0.3 is 0 Å². The molecular formula is C13H19N3O2. The first-order valence-corrected chi connectivity index (χ1v) is 6.31. The van der Waals surface area contributed by atoms with E-state index in [1.807, 2.05) is 12.1 Å². The van der Waals surface area contributed by atoms with Crippen LogP contribution in [0.3, 0.4) is 0 Å². The van der Waals surface area contributed by atoms with Crippen molar-refractivity contribution in [2.24, 2.45) is 0 Å². The van der Waals surface area contributed by atoms with Crippen LogP contribution in [0.1, 0.15) is 12.0 Å². The van der Waals surface area contributed by atoms with E-state index < -0.39 is 0 Å². The normalized spacial score (nSPS) is 19.4. The number of rotatable bonds is 5. The summed E-state index contributed by atoms with van der Waals surface area (Å²) in [5.74, 6) is 0.0752. The van der Waals surface area contributed by atoms with Gasteiger partial charge in [-0.15, -0.1) is 0 Å². The first kappa shape index (κ1) is 13.0. The van der Waals surface area contributed by atoms with Crippen LogP contribution in [0.5, 0.6) is 0 Å². The van der Waals surface area contributed by atoms with Crippen LogP contribution in [0.4, 0.5) is 0 Å². The summed E-state index contributed by atoms with van der Waals surface area (Å²) in [4.78, 5) is 15.7. The van der Waals surface area contributed by atoms with Crippen molar-refractivity contribution in [3.8, 4) is 0 Å². The van der Waals surface area contributed by atoms with Crippen molar-refractivity contribution >= 4 is 5.91 Å². The second-order valence-electron chi connectivity index (χ2n) is 4.39. The number of carbonyl (C=O) groups is 1. The Morgan fingerprint density at radius 3 is 3.28 bits per heavy atom. The Morgan fingerprint density at radius 2 is 2.56 bits per heavy atom. The van der Waals surface area contributed by atoms with Crippen molar-refractivity contribution in [2.75, 3.05) is 26.3 Å². The maximum atomic E-state index is 11.7. The van der Waals surface area contributed by atoms with Gasteiger partial charge in [0.25, 0.3) is 0 Å². The van der Waals surface area contributed by atoms with Crippen molar-refractivity contribution in [1.29, 1.82) is 0 Å². The van der Waals surface area contributed by atoms with E-state index in [1.54, 1.807) is 12.4 Å². The number of morpholine rings is 1. The summed E-state index contributed by atoms with van der Waals surface area (Å²) >= 11 is 0. The quantitative estimate of drug-likeness (QED) is 0.778. The number of carbonyl (C=O) groups excluding carboxylic acids is 1. The zero-order valence-electron chi connectivity index (χ0n) is 10.4. The van der Waals surface area contributed by atoms with Gasteiger partial charge in [0.1, 0.15) is 0 Å². The Kier molecular flexibility index (Phi) is 5.11. The predicted octanol–water partition coefficient (Wildman–Crippen LogP) is 0.119. The number of hydrogen-bond acceptors (Lipinski definition) is 4. The van der Waals surface area contributed by atoms with Crippen molar-refractivity contribution in [1.82, 2.24) is 15.6 Å². The molecule has 0 aromatic carbocycles. The van der Waals surface area contributed by atoms with Crippen LogP contribution >= 0.6 is 0 Å². The Labute approximate surface area is 107 Å². The molecule has 1 saturated heterocycles. The van der Waals surface area contributed by atoms with E-state index in [2.05, 4.69) is 15.6 Å². The first-order chi connectivity index (χ1) is 8.84. The summed E-state index contributed by atoms with van der Waals surface area (Å²) in [6, 6.07) is 4.11. The number of nitrogens with zero attached hydrogens (tertiary/aromatic N) is 1. The summed E-state index contributed by atoms with van der Waals surface area (Å²) in [7, 11) is 0. The molecule has 1 unspecified atom stereocenters. The van der Waals surface area contributed by atoms with Gasteiger partial charge in [-0.2, -0.15) is 0 Å². The molecule has 1 aromatic rings. The molecule has 0 saturated carbocycles. The highest BCUT2D eigenvalue weighted by Gasteiger charge is 2.13. The minimum Gasteiger partial charge on any atom is -0.378 e. The van der Waals surface area contributed by atoms with Crippen LogP contribution in [0, 0.1) is 0 Å². The van der Waals surface area contributed by atoms with Crippen molar-refractivity contribution in [3.63, 3.8) is 0 Å². The molecule has 5 heteroatoms. The number of amides is 1. The molecule has 1 amide bonds. The minimum atomic E-state index is 0.0752. The maximum absolute atomic E-state index is 11.7. The summed E-state index contributed by atoms with van der Waals surface area (Å²) in [6.07, 6.45) is 4.76. The third-order valence-corrected chi connectivity index (χ3v) is 2.91. The first-order valence-electron chi connectivity index (χ1n) is 6.31. The van der Waals surface area contributed by atoms with E-state index in [1.165, 1.54) is 0 Å². The molecule has 0 aliphatic carbocycles. The largest absolute Gasteiger partial charge is 0.378 e. The van der Waals surface area contributed by atoms with Crippen LogP contribution in [0.15, 0.2) is 24.5 Å². The number of ether oxygens (including phenoxy) is 1. The van der Waals surface area contributed by atoms with Gasteiger partial charge in [-0.1, -0.05) is 6.07 Å². The maximum Gasteiger partial charge on any atom is 0.220 e. The molecule has 1 atom stereocenters. The highest BCUT2D eigenvalue weighted by molar-refractivity contribution is 5.76. The Hall–Kier alpha value is -1.46. The Morgan fingerprint density at radius 1 is 1.61 bits per heavy atom. The fraction of sp³-hybridized carbons (Fsp3) is 0.538. The van der Waals surface area contributed by atoms with Crippen LogP contribution in [-0.4, -0.2) is 43.2 Å². The van der Waals surface area contributed by atoms with E-state index in [-0.39, 0.29) is 11.9 Å². The SMILES string of the molecule is O=C(CCc1cccnc1)NCC1COCCN1. The molecule has 1 aromatic heterocycles. The molecule has 2 heterocycles. The summed E-state index contributed by atoms with van der Waals surface area (Å²) < 4.78 is 5.32. The third-order valence-electron chi connectivity index (χ3n) is 2.91. The standard InChI is InChI=1S/C13H19N3O2/c17-13(4-3-11-2-1-5-14-8-11)16-9-12-10-18-7-6-15-12/h1-2,5,8,12,15H,3-4,6-7,9-10H2,(H,16,17). The number of nitrogens with one attached hydrogen (secondary N) is 2. The van der Waals surface area contributed by atoms with Crippen LogP contribution < -0.4 is 10.6 Å². The van der Waals surface area contributed by atoms with Gasteiger partial charge in [0.15, 0.2) is 0 Å². The molecule has 0 radical (unpaired) electrons. The van der Waals surface area contributed by atoms with Gasteiger partial charge in [-0.05, 0) is 18.1 Å². The number of aromatic nitrogens is 1. The van der Waals surface area contributed by atoms with Crippen molar-refractivity contribution in [2.45, 2.75) is 18.9 Å². The van der Waals surface area contributed by atoms with Gasteiger partial charge < -0.3 is 15.4 Å². The minimum absolute atomic E-state index is 0.0752. The topological polar surface area (TPSA) is 63.2 Å². The van der Waals surface area contributed by atoms with E-state index in [4.69, 9.17) is 4.74 Å². The second kappa shape index (κ2) is 7.08. The summed E-state index contributed by atoms with van der Waals surface area (Å²) in [5, 5.41) is 6.22. The lowest BCUT2D eigenvalue weighted by Gasteiger charge is -2.23. The Bertz CT molecular complexity index is 364. The van der Waals surface area contributed by atoms with Crippen LogP contribution in [0.2, 0.25) is 0 Å². The molecule has 5 nitrogen and oxygen atoms in total. The average molecular weight is 249 g/mol. The van der Waals surface area contributed by atoms with E-state index in [0.29, 0.717) is 19.6 Å². The molecule has 2 rings (SSSR count). The lowest BCUT2D eigenvalue weighted by Crippen LogP contribution is -2.48. The number of pyridine rings is 1. The molecule has 1 aliphatic rings. The van der Waals surface area contributed by atoms with Gasteiger partial charge in [-0.25, -0.2) is 0 Å². The second-order valence-corrected chi connectivity index (χ2v) is 4.39. The zero-order valence-corrected chi connectivity index (χ0v) is 10.4. The molecule has 2 N–H and O–H groups in total. The van der Waals surface area contributed by atoms with Crippen LogP contribution in [-0.2, 0) is 16.0 Å². The lowest BCUT2D eigenvalue weighted by molar-refractivity contribution is -0.121. The van der Waals surface area contributed by atoms with Gasteiger partial charge in [0, 0.05) is 37.9 Å². The molecule has 98 valence electrons. The fourth-order valence-corrected chi connectivity index (χ4v) is 1.88. The predicted molar refractivity (Wildman–Crippen MR) is 68.2 cm³/mol. The molecule has 1 aliphatic heterocycles. The molecular weight excluding hydrogens is 230 g/mol. The molecule has 0 bridgehead atoms. The lowest BCUT2D eigenvalue weighted by atomic mass is 10.1. The molecule has 18 heavy (non-hydrogen) atoms. The zero-order chi connectivity index (χ0) is 12.6. The average Bonchev–Trinajstić information content (AvgIpc) is 2.45. The Balaban J connectivity index is 1.63. The highest BCUT2D eigenvalue weighted by Crippen LogP contribution is 2.00. The van der Waals surface area contributed by atoms with Crippen LogP contribution in [0.25, 0.3) is 0 Å². The third kappa shape index (κ3) is 4.43. The van der Waals surface area contributed by atoms with Gasteiger partial charge in [-0.3, -0.25) is 9.78 Å². The number of hydrogen-bond donors (Lipinski definition) is 2. The monoisotopic (exact) mass is 249 g/mol. The summed E-state index contributed by atoms with van der Waals surface area (Å²) in [6.45, 7) is 2.91. The summed E-state index contributed by atoms with van der Waals surface area (Å²) in [5.41, 5.74) is 1.09. The number of aryl methyl sites for hydroxylation is 1. The highest BCUT2D eigenvalue weighted by atomic mass is 16.5.